The highest BCUT2D eigenvalue weighted by Crippen LogP contribution is 2.29. The molecular formula is C18H22O6. The molecule has 1 aromatic carbocycles. The van der Waals surface area contributed by atoms with E-state index < -0.39 is 23.9 Å². The summed E-state index contributed by atoms with van der Waals surface area (Å²) < 4.78 is 5.29. The van der Waals surface area contributed by atoms with Gasteiger partial charge in [-0.15, -0.1) is 0 Å². The van der Waals surface area contributed by atoms with Crippen molar-refractivity contribution < 1.29 is 29.6 Å². The summed E-state index contributed by atoms with van der Waals surface area (Å²) in [6.07, 6.45) is 3.83. The van der Waals surface area contributed by atoms with Crippen LogP contribution < -0.4 is 0 Å². The highest BCUT2D eigenvalue weighted by Gasteiger charge is 2.22. The lowest BCUT2D eigenvalue weighted by molar-refractivity contribution is -0.118. The molecule has 0 saturated heterocycles. The minimum Gasteiger partial charge on any atom is -0.508 e. The zero-order valence-corrected chi connectivity index (χ0v) is 13.6. The van der Waals surface area contributed by atoms with Gasteiger partial charge in [0.25, 0.3) is 0 Å². The van der Waals surface area contributed by atoms with Crippen molar-refractivity contribution in [2.75, 3.05) is 0 Å². The average Bonchev–Trinajstić information content (AvgIpc) is 2.45. The first-order valence-electron chi connectivity index (χ1n) is 7.99. The average molecular weight is 334 g/mol. The fourth-order valence-corrected chi connectivity index (χ4v) is 2.67. The lowest BCUT2D eigenvalue weighted by atomic mass is 9.98. The molecule has 2 atom stereocenters. The van der Waals surface area contributed by atoms with Gasteiger partial charge in [0.15, 0.2) is 0 Å². The SMILES string of the molecule is CC1CC=CC(O)CCCC(=O)Cc2cc(O)cc(O)c2C(=O)O1. The van der Waals surface area contributed by atoms with Crippen LogP contribution in [0.4, 0.5) is 0 Å². The maximum absolute atomic E-state index is 12.3. The quantitative estimate of drug-likeness (QED) is 0.496. The number of aliphatic hydroxyl groups is 1. The van der Waals surface area contributed by atoms with Gasteiger partial charge in [-0.3, -0.25) is 4.79 Å². The van der Waals surface area contributed by atoms with Gasteiger partial charge in [0.1, 0.15) is 28.9 Å². The van der Waals surface area contributed by atoms with Crippen molar-refractivity contribution in [2.45, 2.75) is 51.2 Å². The Morgan fingerprint density at radius 2 is 1.96 bits per heavy atom. The van der Waals surface area contributed by atoms with Gasteiger partial charge in [-0.2, -0.15) is 0 Å². The molecule has 0 saturated carbocycles. The number of phenolic OH excluding ortho intramolecular Hbond substituents is 2. The maximum atomic E-state index is 12.3. The van der Waals surface area contributed by atoms with Crippen molar-refractivity contribution >= 4 is 11.8 Å². The monoisotopic (exact) mass is 334 g/mol. The van der Waals surface area contributed by atoms with E-state index in [9.17, 15) is 24.9 Å². The molecule has 0 fully saturated rings. The molecule has 3 N–H and O–H groups in total. The summed E-state index contributed by atoms with van der Waals surface area (Å²) in [7, 11) is 0. The van der Waals surface area contributed by atoms with E-state index in [2.05, 4.69) is 0 Å². The Balaban J connectivity index is 2.34. The molecule has 0 bridgehead atoms. The third-order valence-corrected chi connectivity index (χ3v) is 3.87. The molecule has 1 heterocycles. The van der Waals surface area contributed by atoms with E-state index >= 15 is 0 Å². The predicted octanol–water partition coefficient (Wildman–Crippen LogP) is 2.25. The number of cyclic esters (lactones) is 1. The van der Waals surface area contributed by atoms with E-state index in [1.807, 2.05) is 0 Å². The number of carbonyl (C=O) groups is 2. The number of ether oxygens (including phenoxy) is 1. The number of fused-ring (bicyclic) bond motifs is 1. The molecule has 130 valence electrons. The van der Waals surface area contributed by atoms with E-state index in [1.165, 1.54) is 6.07 Å². The molecule has 0 aromatic heterocycles. The van der Waals surface area contributed by atoms with Gasteiger partial charge >= 0.3 is 5.97 Å². The molecule has 0 amide bonds. The molecule has 2 unspecified atom stereocenters. The van der Waals surface area contributed by atoms with Gasteiger partial charge in [-0.25, -0.2) is 4.79 Å². The van der Waals surface area contributed by atoms with Gasteiger partial charge in [-0.1, -0.05) is 12.2 Å². The molecule has 1 aliphatic rings. The van der Waals surface area contributed by atoms with Crippen molar-refractivity contribution in [3.63, 3.8) is 0 Å². The third-order valence-electron chi connectivity index (χ3n) is 3.87. The molecule has 0 aliphatic carbocycles. The number of benzene rings is 1. The van der Waals surface area contributed by atoms with Gasteiger partial charge in [0.05, 0.1) is 6.10 Å². The second kappa shape index (κ2) is 7.97. The first kappa shape index (κ1) is 18.0. The van der Waals surface area contributed by atoms with Crippen molar-refractivity contribution in [3.8, 4) is 11.5 Å². The summed E-state index contributed by atoms with van der Waals surface area (Å²) in [5.41, 5.74) is 0.150. The zero-order chi connectivity index (χ0) is 17.7. The molecule has 0 spiro atoms. The fraction of sp³-hybridized carbons (Fsp3) is 0.444. The number of Topliss-reactive ketones (excluding diaryl/α,β-unsaturated/α-hetero) is 1. The Kier molecular flexibility index (Phi) is 5.98. The summed E-state index contributed by atoms with van der Waals surface area (Å²) in [6.45, 7) is 1.70. The fourth-order valence-electron chi connectivity index (χ4n) is 2.67. The number of phenols is 2. The number of aromatic hydroxyl groups is 2. The Morgan fingerprint density at radius 1 is 1.21 bits per heavy atom. The van der Waals surface area contributed by atoms with E-state index in [4.69, 9.17) is 4.74 Å². The Labute approximate surface area is 140 Å². The van der Waals surface area contributed by atoms with Crippen LogP contribution in [0.3, 0.4) is 0 Å². The molecule has 24 heavy (non-hydrogen) atoms. The molecule has 0 radical (unpaired) electrons. The molecule has 1 aliphatic heterocycles. The molecule has 6 nitrogen and oxygen atoms in total. The normalized spacial score (nSPS) is 23.2. The summed E-state index contributed by atoms with van der Waals surface area (Å²) in [5.74, 6) is -1.52. The highest BCUT2D eigenvalue weighted by molar-refractivity contribution is 5.96. The van der Waals surface area contributed by atoms with Gasteiger partial charge in [-0.05, 0) is 31.4 Å². The second-order valence-corrected chi connectivity index (χ2v) is 6.05. The van der Waals surface area contributed by atoms with Crippen LogP contribution in [0.15, 0.2) is 24.3 Å². The van der Waals surface area contributed by atoms with Crippen LogP contribution in [0.2, 0.25) is 0 Å². The summed E-state index contributed by atoms with van der Waals surface area (Å²) in [4.78, 5) is 24.4. The maximum Gasteiger partial charge on any atom is 0.342 e. The number of hydrogen-bond acceptors (Lipinski definition) is 6. The lowest BCUT2D eigenvalue weighted by Gasteiger charge is -2.16. The molecule has 6 heteroatoms. The van der Waals surface area contributed by atoms with Crippen molar-refractivity contribution in [2.24, 2.45) is 0 Å². The number of rotatable bonds is 0. The van der Waals surface area contributed by atoms with E-state index in [1.54, 1.807) is 19.1 Å². The summed E-state index contributed by atoms with van der Waals surface area (Å²) in [6, 6.07) is 2.34. The Morgan fingerprint density at radius 3 is 2.71 bits per heavy atom. The van der Waals surface area contributed by atoms with Crippen molar-refractivity contribution in [1.82, 2.24) is 0 Å². The number of ketones is 1. The van der Waals surface area contributed by atoms with Crippen molar-refractivity contribution in [3.05, 3.63) is 35.4 Å². The number of aliphatic hydroxyl groups excluding tert-OH is 1. The molecular weight excluding hydrogens is 312 g/mol. The predicted molar refractivity (Wildman–Crippen MR) is 87.0 cm³/mol. The van der Waals surface area contributed by atoms with Crippen LogP contribution in [0, 0.1) is 0 Å². The second-order valence-electron chi connectivity index (χ2n) is 6.05. The topological polar surface area (TPSA) is 104 Å². The van der Waals surface area contributed by atoms with Crippen LogP contribution in [0.5, 0.6) is 11.5 Å². The number of esters is 1. The minimum atomic E-state index is -0.742. The first-order valence-corrected chi connectivity index (χ1v) is 7.99. The Hall–Kier alpha value is -2.34. The summed E-state index contributed by atoms with van der Waals surface area (Å²) in [5, 5.41) is 29.4. The number of carbonyl (C=O) groups excluding carboxylic acids is 2. The Bertz CT molecular complexity index is 649. The lowest BCUT2D eigenvalue weighted by Crippen LogP contribution is -2.18. The van der Waals surface area contributed by atoms with Gasteiger partial charge in [0, 0.05) is 25.3 Å². The van der Waals surface area contributed by atoms with Crippen molar-refractivity contribution in [1.29, 1.82) is 0 Å². The third kappa shape index (κ3) is 4.83. The van der Waals surface area contributed by atoms with Gasteiger partial charge < -0.3 is 20.1 Å². The first-order chi connectivity index (χ1) is 11.4. The van der Waals surface area contributed by atoms with Crippen LogP contribution in [-0.2, 0) is 16.0 Å². The van der Waals surface area contributed by atoms with Crippen LogP contribution >= 0.6 is 0 Å². The van der Waals surface area contributed by atoms with Crippen LogP contribution in [0.25, 0.3) is 0 Å². The van der Waals surface area contributed by atoms with Crippen LogP contribution in [-0.4, -0.2) is 39.3 Å². The minimum absolute atomic E-state index is 0.0888. The zero-order valence-electron chi connectivity index (χ0n) is 13.6. The van der Waals surface area contributed by atoms with E-state index in [0.717, 1.165) is 6.07 Å². The number of hydrogen-bond donors (Lipinski definition) is 3. The van der Waals surface area contributed by atoms with Crippen LogP contribution in [0.1, 0.15) is 48.5 Å². The summed E-state index contributed by atoms with van der Waals surface area (Å²) >= 11 is 0. The van der Waals surface area contributed by atoms with E-state index in [-0.39, 0.29) is 35.5 Å². The highest BCUT2D eigenvalue weighted by atomic mass is 16.5. The molecule has 2 rings (SSSR count). The standard InChI is InChI=1S/C18H22O6/c1-11-4-2-5-13(19)6-3-7-14(20)8-12-9-15(21)10-16(22)17(12)18(23)24-11/h2,5,9-11,13,19,21-22H,3-4,6-8H2,1H3. The van der Waals surface area contributed by atoms with Gasteiger partial charge in [0.2, 0.25) is 0 Å². The largest absolute Gasteiger partial charge is 0.508 e. The smallest absolute Gasteiger partial charge is 0.342 e. The molecule has 1 aromatic rings. The van der Waals surface area contributed by atoms with E-state index in [0.29, 0.717) is 19.3 Å².